The maximum Gasteiger partial charge on any atom is 0.213 e. The fourth-order valence-electron chi connectivity index (χ4n) is 2.40. The van der Waals surface area contributed by atoms with Gasteiger partial charge in [0.1, 0.15) is 0 Å². The Morgan fingerprint density at radius 2 is 1.93 bits per heavy atom. The number of hydrogen-bond donors (Lipinski definition) is 2. The van der Waals surface area contributed by atoms with E-state index in [1.165, 1.54) is 0 Å². The van der Waals surface area contributed by atoms with Gasteiger partial charge >= 0.3 is 0 Å². The summed E-state index contributed by atoms with van der Waals surface area (Å²) in [5.74, 6) is 5.33. The summed E-state index contributed by atoms with van der Waals surface area (Å²) in [5.41, 5.74) is 5.59. The fraction of sp³-hybridized carbons (Fsp3) is 0.875. The van der Waals surface area contributed by atoms with E-state index in [4.69, 9.17) is 11.6 Å². The van der Waals surface area contributed by atoms with Gasteiger partial charge in [-0.1, -0.05) is 0 Å². The van der Waals surface area contributed by atoms with Crippen molar-refractivity contribution in [2.24, 2.45) is 16.7 Å². The van der Waals surface area contributed by atoms with Gasteiger partial charge in [-0.2, -0.15) is 0 Å². The summed E-state index contributed by atoms with van der Waals surface area (Å²) in [5, 5.41) is 2.94. The zero-order valence-electron chi connectivity index (χ0n) is 8.46. The minimum absolute atomic E-state index is 0.182. The van der Waals surface area contributed by atoms with Gasteiger partial charge in [0.15, 0.2) is 9.84 Å². The lowest BCUT2D eigenvalue weighted by Gasteiger charge is -2.23. The van der Waals surface area contributed by atoms with Crippen molar-refractivity contribution in [2.45, 2.75) is 29.8 Å². The summed E-state index contributed by atoms with van der Waals surface area (Å²) in [4.78, 5) is 1.77. The molecule has 0 saturated carbocycles. The summed E-state index contributed by atoms with van der Waals surface area (Å²) >= 11 is 0. The molecule has 0 aromatic rings. The average molecular weight is 232 g/mol. The van der Waals surface area contributed by atoms with Gasteiger partial charge in [-0.3, -0.25) is 0 Å². The molecule has 2 fully saturated rings. The molecule has 86 valence electrons. The molecule has 0 aromatic heterocycles. The van der Waals surface area contributed by atoms with E-state index in [2.05, 4.69) is 5.10 Å². The molecule has 2 rings (SSSR count). The van der Waals surface area contributed by atoms with Crippen LogP contribution < -0.4 is 11.6 Å². The molecule has 4 N–H and O–H groups in total. The highest BCUT2D eigenvalue weighted by Crippen LogP contribution is 2.32. The molecule has 0 spiro atoms. The molecule has 2 bridgehead atoms. The number of nitrogens with zero attached hydrogens (tertiary/aromatic N) is 2. The first kappa shape index (κ1) is 10.5. The summed E-state index contributed by atoms with van der Waals surface area (Å²) < 4.78 is 23.8. The van der Waals surface area contributed by atoms with Crippen LogP contribution in [0, 0.1) is 0 Å². The van der Waals surface area contributed by atoms with E-state index in [9.17, 15) is 8.42 Å². The van der Waals surface area contributed by atoms with E-state index in [0.717, 1.165) is 12.8 Å². The van der Waals surface area contributed by atoms with Gasteiger partial charge in [0, 0.05) is 13.1 Å². The molecule has 2 aliphatic rings. The number of hydrogen-bond acceptors (Lipinski definition) is 4. The second kappa shape index (κ2) is 3.55. The van der Waals surface area contributed by atoms with Crippen LogP contribution in [0.25, 0.3) is 0 Å². The SMILES string of the molecule is N/N=C(\N)N1CCC2CCC(C1)S2(=O)=O. The molecule has 7 heteroatoms. The molecule has 0 radical (unpaired) electrons. The molecule has 2 saturated heterocycles. The third-order valence-corrected chi connectivity index (χ3v) is 6.06. The second-order valence-electron chi connectivity index (χ2n) is 4.13. The Morgan fingerprint density at radius 3 is 2.60 bits per heavy atom. The van der Waals surface area contributed by atoms with Crippen LogP contribution in [0.4, 0.5) is 0 Å². The second-order valence-corrected chi connectivity index (χ2v) is 6.64. The minimum Gasteiger partial charge on any atom is -0.368 e. The highest BCUT2D eigenvalue weighted by Gasteiger charge is 2.43. The van der Waals surface area contributed by atoms with Crippen LogP contribution in [0.15, 0.2) is 5.10 Å². The third-order valence-electron chi connectivity index (χ3n) is 3.34. The molecule has 2 unspecified atom stereocenters. The van der Waals surface area contributed by atoms with Gasteiger partial charge in [0.05, 0.1) is 10.5 Å². The van der Waals surface area contributed by atoms with Crippen LogP contribution in [0.3, 0.4) is 0 Å². The first-order valence-corrected chi connectivity index (χ1v) is 6.67. The van der Waals surface area contributed by atoms with E-state index in [1.807, 2.05) is 0 Å². The van der Waals surface area contributed by atoms with E-state index in [-0.39, 0.29) is 16.5 Å². The quantitative estimate of drug-likeness (QED) is 0.237. The molecule has 2 atom stereocenters. The Morgan fingerprint density at radius 1 is 1.27 bits per heavy atom. The number of fused-ring (bicyclic) bond motifs is 2. The number of likely N-dealkylation sites (tertiary alicyclic amines) is 1. The van der Waals surface area contributed by atoms with Gasteiger partial charge in [0.2, 0.25) is 5.96 Å². The fourth-order valence-corrected chi connectivity index (χ4v) is 4.70. The van der Waals surface area contributed by atoms with Gasteiger partial charge in [-0.25, -0.2) is 8.42 Å². The van der Waals surface area contributed by atoms with Gasteiger partial charge in [-0.15, -0.1) is 5.10 Å². The first-order valence-electron chi connectivity index (χ1n) is 5.06. The number of sulfone groups is 1. The number of rotatable bonds is 0. The van der Waals surface area contributed by atoms with E-state index >= 15 is 0 Å². The van der Waals surface area contributed by atoms with Gasteiger partial charge in [-0.05, 0) is 19.3 Å². The molecule has 0 aliphatic carbocycles. The Labute approximate surface area is 89.2 Å². The predicted octanol–water partition coefficient (Wildman–Crippen LogP) is -1.17. The van der Waals surface area contributed by atoms with Crippen LogP contribution in [0.1, 0.15) is 19.3 Å². The monoisotopic (exact) mass is 232 g/mol. The molecular weight excluding hydrogens is 216 g/mol. The summed E-state index contributed by atoms with van der Waals surface area (Å²) in [7, 11) is -2.93. The Balaban J connectivity index is 2.22. The molecular formula is C8H16N4O2S. The zero-order valence-corrected chi connectivity index (χ0v) is 9.28. The molecule has 15 heavy (non-hydrogen) atoms. The van der Waals surface area contributed by atoms with Gasteiger partial charge < -0.3 is 16.5 Å². The molecule has 0 aromatic carbocycles. The molecule has 2 aliphatic heterocycles. The smallest absolute Gasteiger partial charge is 0.213 e. The van der Waals surface area contributed by atoms with Crippen LogP contribution in [-0.2, 0) is 9.84 Å². The zero-order chi connectivity index (χ0) is 11.1. The van der Waals surface area contributed by atoms with Crippen LogP contribution in [0.5, 0.6) is 0 Å². The van der Waals surface area contributed by atoms with Crippen molar-refractivity contribution >= 4 is 15.8 Å². The topological polar surface area (TPSA) is 102 Å². The summed E-state index contributed by atoms with van der Waals surface area (Å²) in [6, 6.07) is 0. The van der Waals surface area contributed by atoms with Crippen LogP contribution in [0.2, 0.25) is 0 Å². The third kappa shape index (κ3) is 1.64. The van der Waals surface area contributed by atoms with Crippen molar-refractivity contribution in [3.63, 3.8) is 0 Å². The Kier molecular flexibility index (Phi) is 2.49. The van der Waals surface area contributed by atoms with Crippen LogP contribution in [-0.4, -0.2) is 42.9 Å². The standard InChI is InChI=1S/C8H16N4O2S/c9-8(11-10)12-4-3-6-1-2-7(5-12)15(6,13)14/h6-7H,1-5,10H2,(H2,9,11). The van der Waals surface area contributed by atoms with Crippen molar-refractivity contribution < 1.29 is 8.42 Å². The lowest BCUT2D eigenvalue weighted by molar-refractivity contribution is 0.383. The van der Waals surface area contributed by atoms with Crippen LogP contribution >= 0.6 is 0 Å². The Bertz CT molecular complexity index is 378. The lowest BCUT2D eigenvalue weighted by Crippen LogP contribution is -2.42. The summed E-state index contributed by atoms with van der Waals surface area (Å²) in [6.07, 6.45) is 2.16. The Hall–Kier alpha value is -0.980. The summed E-state index contributed by atoms with van der Waals surface area (Å²) in [6.45, 7) is 1.07. The highest BCUT2D eigenvalue weighted by atomic mass is 32.2. The molecule has 2 heterocycles. The maximum atomic E-state index is 11.9. The minimum atomic E-state index is -2.93. The van der Waals surface area contributed by atoms with Crippen molar-refractivity contribution in [1.29, 1.82) is 0 Å². The van der Waals surface area contributed by atoms with Crippen molar-refractivity contribution in [1.82, 2.24) is 4.90 Å². The average Bonchev–Trinajstić information content (AvgIpc) is 2.35. The number of nitrogens with two attached hydrogens (primary N) is 2. The maximum absolute atomic E-state index is 11.9. The van der Waals surface area contributed by atoms with Crippen molar-refractivity contribution in [3.8, 4) is 0 Å². The highest BCUT2D eigenvalue weighted by molar-refractivity contribution is 7.93. The lowest BCUT2D eigenvalue weighted by atomic mass is 10.1. The van der Waals surface area contributed by atoms with E-state index in [0.29, 0.717) is 19.5 Å². The number of guanidine groups is 1. The first-order chi connectivity index (χ1) is 7.05. The van der Waals surface area contributed by atoms with E-state index < -0.39 is 9.84 Å². The van der Waals surface area contributed by atoms with Crippen molar-refractivity contribution in [2.75, 3.05) is 13.1 Å². The molecule has 6 nitrogen and oxygen atoms in total. The molecule has 0 amide bonds. The normalized spacial score (nSPS) is 35.2. The number of hydrazone groups is 1. The largest absolute Gasteiger partial charge is 0.368 e. The van der Waals surface area contributed by atoms with Crippen molar-refractivity contribution in [3.05, 3.63) is 0 Å². The van der Waals surface area contributed by atoms with Gasteiger partial charge in [0.25, 0.3) is 0 Å². The predicted molar refractivity (Wildman–Crippen MR) is 57.7 cm³/mol. The van der Waals surface area contributed by atoms with E-state index in [1.54, 1.807) is 4.90 Å².